The summed E-state index contributed by atoms with van der Waals surface area (Å²) < 4.78 is 5.10. The number of aryl methyl sites for hydroxylation is 2. The van der Waals surface area contributed by atoms with Crippen LogP contribution in [0.3, 0.4) is 0 Å². The molecule has 4 nitrogen and oxygen atoms in total. The molecule has 0 bridgehead atoms. The van der Waals surface area contributed by atoms with E-state index in [2.05, 4.69) is 42.3 Å². The smallest absolute Gasteiger partial charge is 0.330 e. The lowest BCUT2D eigenvalue weighted by molar-refractivity contribution is -0.155. The van der Waals surface area contributed by atoms with Crippen molar-refractivity contribution in [3.63, 3.8) is 0 Å². The molecule has 2 rings (SSSR count). The summed E-state index contributed by atoms with van der Waals surface area (Å²) in [6.45, 7) is 9.59. The number of benzene rings is 1. The van der Waals surface area contributed by atoms with Gasteiger partial charge in [0.2, 0.25) is 0 Å². The Hall–Kier alpha value is -1.39. The molecular formula is C16H24N2O2. The largest absolute Gasteiger partial charge is 0.467 e. The molecule has 0 radical (unpaired) electrons. The summed E-state index contributed by atoms with van der Waals surface area (Å²) in [6, 6.07) is 6.30. The van der Waals surface area contributed by atoms with E-state index in [-0.39, 0.29) is 5.97 Å². The summed E-state index contributed by atoms with van der Waals surface area (Å²) in [5.74, 6) is -0.190. The second kappa shape index (κ2) is 5.94. The topological polar surface area (TPSA) is 41.6 Å². The van der Waals surface area contributed by atoms with Gasteiger partial charge in [-0.25, -0.2) is 4.79 Å². The SMILES string of the molecule is COC(=O)C(C)(c1cc(C)cc(C)c1)N1CCNCC1. The van der Waals surface area contributed by atoms with E-state index in [1.54, 1.807) is 0 Å². The van der Waals surface area contributed by atoms with Gasteiger partial charge in [0.05, 0.1) is 7.11 Å². The Labute approximate surface area is 121 Å². The predicted molar refractivity (Wildman–Crippen MR) is 79.7 cm³/mol. The predicted octanol–water partition coefficient (Wildman–Crippen LogP) is 1.60. The lowest BCUT2D eigenvalue weighted by Crippen LogP contribution is -2.57. The first kappa shape index (κ1) is 15.0. The molecule has 1 aromatic carbocycles. The zero-order chi connectivity index (χ0) is 14.8. The number of esters is 1. The molecule has 0 spiro atoms. The molecule has 0 saturated carbocycles. The molecule has 1 fully saturated rings. The number of piperazine rings is 1. The van der Waals surface area contributed by atoms with E-state index in [1.165, 1.54) is 18.2 Å². The lowest BCUT2D eigenvalue weighted by atomic mass is 9.87. The Morgan fingerprint density at radius 1 is 1.20 bits per heavy atom. The Kier molecular flexibility index (Phi) is 4.45. The second-order valence-corrected chi connectivity index (χ2v) is 5.68. The fraction of sp³-hybridized carbons (Fsp3) is 0.562. The maximum Gasteiger partial charge on any atom is 0.330 e. The van der Waals surface area contributed by atoms with Crippen molar-refractivity contribution in [2.45, 2.75) is 26.3 Å². The molecule has 1 saturated heterocycles. The highest BCUT2D eigenvalue weighted by molar-refractivity contribution is 5.82. The fourth-order valence-electron chi connectivity index (χ4n) is 3.00. The quantitative estimate of drug-likeness (QED) is 0.852. The van der Waals surface area contributed by atoms with Crippen LogP contribution < -0.4 is 5.32 Å². The highest BCUT2D eigenvalue weighted by Crippen LogP contribution is 2.31. The van der Waals surface area contributed by atoms with Gasteiger partial charge in [0.1, 0.15) is 5.54 Å². The summed E-state index contributed by atoms with van der Waals surface area (Å²) >= 11 is 0. The molecule has 1 unspecified atom stereocenters. The molecule has 1 aromatic rings. The number of hydrogen-bond acceptors (Lipinski definition) is 4. The van der Waals surface area contributed by atoms with Crippen LogP contribution in [-0.4, -0.2) is 44.2 Å². The van der Waals surface area contributed by atoms with Gasteiger partial charge < -0.3 is 10.1 Å². The number of hydrogen-bond donors (Lipinski definition) is 1. The van der Waals surface area contributed by atoms with Gasteiger partial charge in [-0.15, -0.1) is 0 Å². The first-order chi connectivity index (χ1) is 9.48. The first-order valence-electron chi connectivity index (χ1n) is 7.11. The third kappa shape index (κ3) is 2.72. The highest BCUT2D eigenvalue weighted by atomic mass is 16.5. The van der Waals surface area contributed by atoms with Crippen LogP contribution >= 0.6 is 0 Å². The summed E-state index contributed by atoms with van der Waals surface area (Å²) in [5, 5.41) is 3.32. The second-order valence-electron chi connectivity index (χ2n) is 5.68. The van der Waals surface area contributed by atoms with E-state index in [0.29, 0.717) is 0 Å². The standard InChI is InChI=1S/C16H24N2O2/c1-12-9-13(2)11-14(10-12)16(3,15(19)20-4)18-7-5-17-6-8-18/h9-11,17H,5-8H2,1-4H3. The van der Waals surface area contributed by atoms with E-state index < -0.39 is 5.54 Å². The molecule has 1 aliphatic heterocycles. The van der Waals surface area contributed by atoms with Crippen molar-refractivity contribution in [1.82, 2.24) is 10.2 Å². The van der Waals surface area contributed by atoms with E-state index in [0.717, 1.165) is 31.7 Å². The summed E-state index contributed by atoms with van der Waals surface area (Å²) in [4.78, 5) is 14.7. The lowest BCUT2D eigenvalue weighted by Gasteiger charge is -2.41. The van der Waals surface area contributed by atoms with E-state index in [9.17, 15) is 4.79 Å². The van der Waals surface area contributed by atoms with Crippen molar-refractivity contribution in [1.29, 1.82) is 0 Å². The molecule has 0 amide bonds. The first-order valence-corrected chi connectivity index (χ1v) is 7.11. The van der Waals surface area contributed by atoms with Crippen molar-refractivity contribution >= 4 is 5.97 Å². The Morgan fingerprint density at radius 2 is 1.75 bits per heavy atom. The number of carbonyl (C=O) groups excluding carboxylic acids is 1. The van der Waals surface area contributed by atoms with Gasteiger partial charge >= 0.3 is 5.97 Å². The van der Waals surface area contributed by atoms with Crippen LogP contribution in [0.25, 0.3) is 0 Å². The van der Waals surface area contributed by atoms with Crippen LogP contribution in [0, 0.1) is 13.8 Å². The molecule has 1 atom stereocenters. The molecule has 1 aliphatic rings. The van der Waals surface area contributed by atoms with Crippen LogP contribution in [0.15, 0.2) is 18.2 Å². The van der Waals surface area contributed by atoms with E-state index in [1.807, 2.05) is 6.92 Å². The number of nitrogens with one attached hydrogen (secondary N) is 1. The summed E-state index contributed by atoms with van der Waals surface area (Å²) in [6.07, 6.45) is 0. The number of carbonyl (C=O) groups is 1. The minimum Gasteiger partial charge on any atom is -0.467 e. The van der Waals surface area contributed by atoms with Gasteiger partial charge in [0.15, 0.2) is 0 Å². The minimum atomic E-state index is -0.715. The summed E-state index contributed by atoms with van der Waals surface area (Å²) in [7, 11) is 1.46. The minimum absolute atomic E-state index is 0.190. The van der Waals surface area contributed by atoms with Crippen molar-refractivity contribution in [2.75, 3.05) is 33.3 Å². The van der Waals surface area contributed by atoms with Crippen LogP contribution in [0.1, 0.15) is 23.6 Å². The molecule has 20 heavy (non-hydrogen) atoms. The van der Waals surface area contributed by atoms with Gasteiger partial charge in [0, 0.05) is 26.2 Å². The summed E-state index contributed by atoms with van der Waals surface area (Å²) in [5.41, 5.74) is 2.65. The number of rotatable bonds is 3. The molecular weight excluding hydrogens is 252 g/mol. The van der Waals surface area contributed by atoms with Gasteiger partial charge in [-0.2, -0.15) is 0 Å². The molecule has 0 aromatic heterocycles. The van der Waals surface area contributed by atoms with Crippen LogP contribution in [-0.2, 0) is 15.1 Å². The van der Waals surface area contributed by atoms with E-state index in [4.69, 9.17) is 4.74 Å². The van der Waals surface area contributed by atoms with Crippen molar-refractivity contribution in [2.24, 2.45) is 0 Å². The van der Waals surface area contributed by atoms with Gasteiger partial charge in [0.25, 0.3) is 0 Å². The number of methoxy groups -OCH3 is 1. The normalized spacial score (nSPS) is 19.4. The van der Waals surface area contributed by atoms with Crippen LogP contribution in [0.2, 0.25) is 0 Å². The van der Waals surface area contributed by atoms with Gasteiger partial charge in [-0.05, 0) is 26.3 Å². The number of nitrogens with zero attached hydrogens (tertiary/aromatic N) is 1. The number of ether oxygens (including phenoxy) is 1. The van der Waals surface area contributed by atoms with Crippen LogP contribution in [0.4, 0.5) is 0 Å². The monoisotopic (exact) mass is 276 g/mol. The van der Waals surface area contributed by atoms with Crippen molar-refractivity contribution in [3.05, 3.63) is 34.9 Å². The highest BCUT2D eigenvalue weighted by Gasteiger charge is 2.42. The molecule has 1 heterocycles. The average molecular weight is 276 g/mol. The third-order valence-corrected chi connectivity index (χ3v) is 4.12. The molecule has 1 N–H and O–H groups in total. The fourth-order valence-corrected chi connectivity index (χ4v) is 3.00. The van der Waals surface area contributed by atoms with Gasteiger partial charge in [-0.3, -0.25) is 4.90 Å². The molecule has 110 valence electrons. The maximum atomic E-state index is 12.5. The van der Waals surface area contributed by atoms with E-state index >= 15 is 0 Å². The molecule has 0 aliphatic carbocycles. The zero-order valence-electron chi connectivity index (χ0n) is 12.8. The Morgan fingerprint density at radius 3 is 2.25 bits per heavy atom. The third-order valence-electron chi connectivity index (χ3n) is 4.12. The molecule has 4 heteroatoms. The van der Waals surface area contributed by atoms with Gasteiger partial charge in [-0.1, -0.05) is 29.3 Å². The average Bonchev–Trinajstić information content (AvgIpc) is 2.45. The maximum absolute atomic E-state index is 12.5. The zero-order valence-corrected chi connectivity index (χ0v) is 12.8. The van der Waals surface area contributed by atoms with Crippen molar-refractivity contribution in [3.8, 4) is 0 Å². The Balaban J connectivity index is 2.47. The van der Waals surface area contributed by atoms with Crippen LogP contribution in [0.5, 0.6) is 0 Å². The Bertz CT molecular complexity index is 475. The van der Waals surface area contributed by atoms with Crippen molar-refractivity contribution < 1.29 is 9.53 Å².